The maximum Gasteiger partial charge on any atom is 0.226 e. The van der Waals surface area contributed by atoms with Crippen molar-refractivity contribution < 1.29 is 9.53 Å². The van der Waals surface area contributed by atoms with E-state index in [0.717, 1.165) is 44.0 Å². The minimum Gasteiger partial charge on any atom is -0.399 e. The van der Waals surface area contributed by atoms with Crippen LogP contribution in [0.15, 0.2) is 24.3 Å². The second kappa shape index (κ2) is 6.57. The lowest BCUT2D eigenvalue weighted by molar-refractivity contribution is -0.130. The molecule has 0 aromatic heterocycles. The number of carbonyl (C=O) groups excluding carboxylic acids is 1. The van der Waals surface area contributed by atoms with Crippen molar-refractivity contribution >= 4 is 11.6 Å². The molecule has 1 unspecified atom stereocenters. The van der Waals surface area contributed by atoms with E-state index in [2.05, 4.69) is 0 Å². The summed E-state index contributed by atoms with van der Waals surface area (Å²) >= 11 is 0. The molecule has 1 fully saturated rings. The number of hydrogen-bond donors (Lipinski definition) is 1. The Morgan fingerprint density at radius 1 is 1.42 bits per heavy atom. The predicted octanol–water partition coefficient (Wildman–Crippen LogP) is 1.70. The summed E-state index contributed by atoms with van der Waals surface area (Å²) < 4.78 is 5.36. The molecule has 104 valence electrons. The molecule has 1 heterocycles. The Hall–Kier alpha value is -1.55. The Morgan fingerprint density at radius 2 is 2.16 bits per heavy atom. The van der Waals surface area contributed by atoms with Crippen molar-refractivity contribution in [3.63, 3.8) is 0 Å². The van der Waals surface area contributed by atoms with Crippen LogP contribution in [0.2, 0.25) is 0 Å². The fraction of sp³-hybridized carbons (Fsp3) is 0.533. The normalized spacial score (nSPS) is 18.5. The Labute approximate surface area is 114 Å². The maximum atomic E-state index is 12.3. The zero-order chi connectivity index (χ0) is 13.7. The summed E-state index contributed by atoms with van der Waals surface area (Å²) in [5, 5.41) is 0. The third kappa shape index (κ3) is 3.96. The van der Waals surface area contributed by atoms with Crippen molar-refractivity contribution in [2.24, 2.45) is 5.92 Å². The van der Waals surface area contributed by atoms with E-state index in [0.29, 0.717) is 12.3 Å². The first kappa shape index (κ1) is 13.9. The van der Waals surface area contributed by atoms with Gasteiger partial charge in [0.15, 0.2) is 0 Å². The molecular formula is C15H22N2O2. The van der Waals surface area contributed by atoms with Gasteiger partial charge < -0.3 is 15.4 Å². The van der Waals surface area contributed by atoms with Crippen LogP contribution in [0.4, 0.5) is 5.69 Å². The van der Waals surface area contributed by atoms with Crippen molar-refractivity contribution in [3.05, 3.63) is 29.8 Å². The average molecular weight is 262 g/mol. The van der Waals surface area contributed by atoms with Gasteiger partial charge in [-0.2, -0.15) is 0 Å². The summed E-state index contributed by atoms with van der Waals surface area (Å²) in [6.07, 6.45) is 1.51. The molecule has 1 aliphatic heterocycles. The van der Waals surface area contributed by atoms with E-state index < -0.39 is 0 Å². The largest absolute Gasteiger partial charge is 0.399 e. The molecule has 1 saturated heterocycles. The molecular weight excluding hydrogens is 240 g/mol. The number of anilines is 1. The molecule has 0 spiro atoms. The van der Waals surface area contributed by atoms with Crippen molar-refractivity contribution in [3.8, 4) is 0 Å². The summed E-state index contributed by atoms with van der Waals surface area (Å²) in [5.41, 5.74) is 7.39. The molecule has 0 aliphatic carbocycles. The highest BCUT2D eigenvalue weighted by atomic mass is 16.5. The molecule has 1 aromatic carbocycles. The number of hydrogen-bond acceptors (Lipinski definition) is 3. The van der Waals surface area contributed by atoms with Gasteiger partial charge in [0.25, 0.3) is 0 Å². The van der Waals surface area contributed by atoms with E-state index in [9.17, 15) is 4.79 Å². The number of benzene rings is 1. The summed E-state index contributed by atoms with van der Waals surface area (Å²) in [4.78, 5) is 14.2. The lowest BCUT2D eigenvalue weighted by Gasteiger charge is -2.23. The van der Waals surface area contributed by atoms with E-state index in [-0.39, 0.29) is 5.91 Å². The highest BCUT2D eigenvalue weighted by Crippen LogP contribution is 2.15. The number of nitrogen functional groups attached to an aromatic ring is 1. The Morgan fingerprint density at radius 3 is 2.74 bits per heavy atom. The van der Waals surface area contributed by atoms with E-state index in [1.165, 1.54) is 0 Å². The number of nitrogens with zero attached hydrogens (tertiary/aromatic N) is 1. The molecule has 1 amide bonds. The quantitative estimate of drug-likeness (QED) is 0.822. The molecule has 4 nitrogen and oxygen atoms in total. The zero-order valence-electron chi connectivity index (χ0n) is 11.5. The van der Waals surface area contributed by atoms with Gasteiger partial charge in [-0.1, -0.05) is 12.1 Å². The highest BCUT2D eigenvalue weighted by Gasteiger charge is 2.21. The lowest BCUT2D eigenvalue weighted by atomic mass is 10.1. The number of nitrogens with two attached hydrogens (primary N) is 1. The molecule has 1 atom stereocenters. The van der Waals surface area contributed by atoms with E-state index in [4.69, 9.17) is 10.5 Å². The molecule has 19 heavy (non-hydrogen) atoms. The zero-order valence-corrected chi connectivity index (χ0v) is 11.5. The Balaban J connectivity index is 1.90. The SMILES string of the molecule is CCN(CC1CCOC1)C(=O)Cc1ccc(N)cc1. The van der Waals surface area contributed by atoms with E-state index >= 15 is 0 Å². The summed E-state index contributed by atoms with van der Waals surface area (Å²) in [7, 11) is 0. The number of amides is 1. The number of ether oxygens (including phenoxy) is 1. The second-order valence-corrected chi connectivity index (χ2v) is 5.08. The number of carbonyl (C=O) groups is 1. The Kier molecular flexibility index (Phi) is 4.80. The third-order valence-electron chi connectivity index (χ3n) is 3.57. The standard InChI is InChI=1S/C15H22N2O2/c1-2-17(10-13-7-8-19-11-13)15(18)9-12-3-5-14(16)6-4-12/h3-6,13H,2,7-11,16H2,1H3. The molecule has 0 bridgehead atoms. The van der Waals surface area contributed by atoms with Crippen LogP contribution in [0.3, 0.4) is 0 Å². The van der Waals surface area contributed by atoms with Crippen LogP contribution in [0, 0.1) is 5.92 Å². The van der Waals surface area contributed by atoms with Gasteiger partial charge in [-0.15, -0.1) is 0 Å². The van der Waals surface area contributed by atoms with Crippen LogP contribution >= 0.6 is 0 Å². The van der Waals surface area contributed by atoms with Gasteiger partial charge in [0.05, 0.1) is 13.0 Å². The number of likely N-dealkylation sites (N-methyl/N-ethyl adjacent to an activating group) is 1. The average Bonchev–Trinajstić information content (AvgIpc) is 2.91. The maximum absolute atomic E-state index is 12.3. The van der Waals surface area contributed by atoms with Crippen LogP contribution in [-0.4, -0.2) is 37.1 Å². The smallest absolute Gasteiger partial charge is 0.226 e. The molecule has 1 aliphatic rings. The molecule has 1 aromatic rings. The molecule has 4 heteroatoms. The van der Waals surface area contributed by atoms with Gasteiger partial charge in [-0.3, -0.25) is 4.79 Å². The van der Waals surface area contributed by atoms with Crippen molar-refractivity contribution in [1.29, 1.82) is 0 Å². The Bertz CT molecular complexity index is 411. The van der Waals surface area contributed by atoms with Crippen LogP contribution in [-0.2, 0) is 16.0 Å². The van der Waals surface area contributed by atoms with Crippen molar-refractivity contribution in [2.75, 3.05) is 32.0 Å². The predicted molar refractivity (Wildman–Crippen MR) is 75.7 cm³/mol. The molecule has 2 rings (SSSR count). The first-order valence-corrected chi connectivity index (χ1v) is 6.89. The van der Waals surface area contributed by atoms with E-state index in [1.807, 2.05) is 36.1 Å². The fourth-order valence-electron chi connectivity index (χ4n) is 2.37. The van der Waals surface area contributed by atoms with Gasteiger partial charge in [-0.05, 0) is 31.0 Å². The fourth-order valence-corrected chi connectivity index (χ4v) is 2.37. The third-order valence-corrected chi connectivity index (χ3v) is 3.57. The van der Waals surface area contributed by atoms with Gasteiger partial charge in [0.1, 0.15) is 0 Å². The van der Waals surface area contributed by atoms with Crippen LogP contribution < -0.4 is 5.73 Å². The minimum atomic E-state index is 0.180. The van der Waals surface area contributed by atoms with Gasteiger partial charge >= 0.3 is 0 Å². The van der Waals surface area contributed by atoms with Crippen LogP contribution in [0.5, 0.6) is 0 Å². The highest BCUT2D eigenvalue weighted by molar-refractivity contribution is 5.78. The minimum absolute atomic E-state index is 0.180. The summed E-state index contributed by atoms with van der Waals surface area (Å²) in [6, 6.07) is 7.51. The summed E-state index contributed by atoms with van der Waals surface area (Å²) in [5.74, 6) is 0.675. The molecule has 0 radical (unpaired) electrons. The van der Waals surface area contributed by atoms with Crippen LogP contribution in [0.25, 0.3) is 0 Å². The topological polar surface area (TPSA) is 55.6 Å². The van der Waals surface area contributed by atoms with Crippen molar-refractivity contribution in [1.82, 2.24) is 4.90 Å². The lowest BCUT2D eigenvalue weighted by Crippen LogP contribution is -2.36. The van der Waals surface area contributed by atoms with Gasteiger partial charge in [0, 0.05) is 31.3 Å². The van der Waals surface area contributed by atoms with Gasteiger partial charge in [0.2, 0.25) is 5.91 Å². The van der Waals surface area contributed by atoms with Gasteiger partial charge in [-0.25, -0.2) is 0 Å². The van der Waals surface area contributed by atoms with E-state index in [1.54, 1.807) is 0 Å². The monoisotopic (exact) mass is 262 g/mol. The second-order valence-electron chi connectivity index (χ2n) is 5.08. The molecule has 2 N–H and O–H groups in total. The molecule has 0 saturated carbocycles. The van der Waals surface area contributed by atoms with Crippen molar-refractivity contribution in [2.45, 2.75) is 19.8 Å². The van der Waals surface area contributed by atoms with Crippen LogP contribution in [0.1, 0.15) is 18.9 Å². The first-order chi connectivity index (χ1) is 9.19. The number of rotatable bonds is 5. The first-order valence-electron chi connectivity index (χ1n) is 6.89. The summed E-state index contributed by atoms with van der Waals surface area (Å²) in [6.45, 7) is 5.20.